The zero-order valence-corrected chi connectivity index (χ0v) is 14.6. The van der Waals surface area contributed by atoms with Crippen LogP contribution in [0.15, 0.2) is 59.9 Å². The number of thioether (sulfide) groups is 1. The van der Waals surface area contributed by atoms with Crippen LogP contribution in [0, 0.1) is 6.92 Å². The molecule has 0 spiro atoms. The Hall–Kier alpha value is -1.71. The van der Waals surface area contributed by atoms with Crippen LogP contribution in [0.25, 0.3) is 16.9 Å². The van der Waals surface area contributed by atoms with E-state index < -0.39 is 0 Å². The van der Waals surface area contributed by atoms with E-state index >= 15 is 0 Å². The van der Waals surface area contributed by atoms with Crippen molar-refractivity contribution in [1.82, 2.24) is 4.57 Å². The molecule has 1 aliphatic heterocycles. The summed E-state index contributed by atoms with van der Waals surface area (Å²) in [7, 11) is 0. The fraction of sp³-hybridized carbons (Fsp3) is 0.211. The first kappa shape index (κ1) is 14.9. The molecule has 2 heterocycles. The average Bonchev–Trinajstić information content (AvgIpc) is 2.96. The van der Waals surface area contributed by atoms with Gasteiger partial charge in [-0.05, 0) is 61.5 Å². The summed E-state index contributed by atoms with van der Waals surface area (Å²) >= 11 is 7.98. The van der Waals surface area contributed by atoms with Gasteiger partial charge in [0.2, 0.25) is 0 Å². The van der Waals surface area contributed by atoms with Gasteiger partial charge in [0.1, 0.15) is 11.9 Å². The molecule has 1 aromatic heterocycles. The maximum absolute atomic E-state index is 6.04. The predicted octanol–water partition coefficient (Wildman–Crippen LogP) is 4.89. The van der Waals surface area contributed by atoms with Crippen LogP contribution in [-0.2, 0) is 6.54 Å². The number of hydrogen-bond acceptors (Lipinski definition) is 1. The molecule has 0 unspecified atom stereocenters. The van der Waals surface area contributed by atoms with E-state index in [4.69, 9.17) is 11.6 Å². The lowest BCUT2D eigenvalue weighted by atomic mass is 10.1. The molecule has 0 bridgehead atoms. The molecule has 0 aliphatic carbocycles. The van der Waals surface area contributed by atoms with Gasteiger partial charge in [0.05, 0.1) is 6.54 Å². The van der Waals surface area contributed by atoms with Gasteiger partial charge in [0.15, 0.2) is 5.69 Å². The lowest BCUT2D eigenvalue weighted by molar-refractivity contribution is -0.724. The van der Waals surface area contributed by atoms with Crippen molar-refractivity contribution in [3.63, 3.8) is 0 Å². The highest BCUT2D eigenvalue weighted by atomic mass is 35.5. The van der Waals surface area contributed by atoms with E-state index in [9.17, 15) is 0 Å². The number of fused-ring (bicyclic) bond motifs is 1. The van der Waals surface area contributed by atoms with Crippen molar-refractivity contribution in [3.05, 3.63) is 65.3 Å². The van der Waals surface area contributed by atoms with Gasteiger partial charge >= 0.3 is 5.16 Å². The molecule has 3 aromatic rings. The van der Waals surface area contributed by atoms with Crippen LogP contribution < -0.4 is 4.57 Å². The van der Waals surface area contributed by atoms with E-state index in [0.29, 0.717) is 0 Å². The molecule has 0 saturated heterocycles. The molecule has 23 heavy (non-hydrogen) atoms. The first-order valence-electron chi connectivity index (χ1n) is 7.83. The molecule has 1 aliphatic rings. The minimum Gasteiger partial charge on any atom is -0.217 e. The minimum atomic E-state index is 0.778. The van der Waals surface area contributed by atoms with Gasteiger partial charge in [-0.1, -0.05) is 29.3 Å². The Balaban J connectivity index is 1.87. The Labute approximate surface area is 145 Å². The van der Waals surface area contributed by atoms with Gasteiger partial charge in [-0.3, -0.25) is 0 Å². The molecule has 0 amide bonds. The number of hydrogen-bond donors (Lipinski definition) is 0. The van der Waals surface area contributed by atoms with E-state index in [1.807, 2.05) is 23.9 Å². The monoisotopic (exact) mass is 341 g/mol. The molecular weight excluding hydrogens is 324 g/mol. The second kappa shape index (κ2) is 6.06. The van der Waals surface area contributed by atoms with Gasteiger partial charge in [0.25, 0.3) is 0 Å². The smallest absolute Gasteiger partial charge is 0.217 e. The van der Waals surface area contributed by atoms with Crippen molar-refractivity contribution in [2.45, 2.75) is 25.0 Å². The number of rotatable bonds is 2. The Morgan fingerprint density at radius 2 is 1.78 bits per heavy atom. The average molecular weight is 342 g/mol. The number of aromatic nitrogens is 2. The molecule has 116 valence electrons. The van der Waals surface area contributed by atoms with Gasteiger partial charge in [-0.15, -0.1) is 0 Å². The van der Waals surface area contributed by atoms with Crippen LogP contribution in [-0.4, -0.2) is 10.3 Å². The summed E-state index contributed by atoms with van der Waals surface area (Å²) in [6, 6.07) is 16.8. The second-order valence-electron chi connectivity index (χ2n) is 5.86. The Kier molecular flexibility index (Phi) is 3.92. The lowest BCUT2D eigenvalue weighted by Gasteiger charge is -2.10. The van der Waals surface area contributed by atoms with Crippen molar-refractivity contribution in [3.8, 4) is 16.9 Å². The summed E-state index contributed by atoms with van der Waals surface area (Å²) in [5.41, 5.74) is 4.97. The van der Waals surface area contributed by atoms with E-state index in [1.165, 1.54) is 39.8 Å². The van der Waals surface area contributed by atoms with Crippen molar-refractivity contribution < 1.29 is 4.57 Å². The number of imidazole rings is 1. The number of benzene rings is 2. The van der Waals surface area contributed by atoms with Gasteiger partial charge < -0.3 is 0 Å². The second-order valence-corrected chi connectivity index (χ2v) is 7.36. The third kappa shape index (κ3) is 2.79. The molecule has 0 N–H and O–H groups in total. The third-order valence-corrected chi connectivity index (χ3v) is 5.61. The van der Waals surface area contributed by atoms with Crippen molar-refractivity contribution in [1.29, 1.82) is 0 Å². The maximum Gasteiger partial charge on any atom is 0.323 e. The molecule has 4 heteroatoms. The highest BCUT2D eigenvalue weighted by Gasteiger charge is 2.28. The van der Waals surface area contributed by atoms with Crippen LogP contribution in [0.3, 0.4) is 0 Å². The number of halogens is 1. The van der Waals surface area contributed by atoms with Crippen LogP contribution in [0.1, 0.15) is 12.0 Å². The zero-order chi connectivity index (χ0) is 15.8. The SMILES string of the molecule is Cc1ccc(-n2cc(-c3ccc(Cl)cc3)[n+]3c2SCCC3)cc1. The summed E-state index contributed by atoms with van der Waals surface area (Å²) in [4.78, 5) is 0. The van der Waals surface area contributed by atoms with E-state index in [2.05, 4.69) is 58.7 Å². The zero-order valence-electron chi connectivity index (χ0n) is 13.0. The highest BCUT2D eigenvalue weighted by Crippen LogP contribution is 2.29. The standard InChI is InChI=1S/C19H18ClN2S/c1-14-3-9-17(10-4-14)22-13-18(15-5-7-16(20)8-6-15)21-11-2-12-23-19(21)22/h3-10,13H,2,11-12H2,1H3/q+1. The number of nitrogens with zero attached hydrogens (tertiary/aromatic N) is 2. The minimum absolute atomic E-state index is 0.778. The quantitative estimate of drug-likeness (QED) is 0.603. The molecule has 2 aromatic carbocycles. The van der Waals surface area contributed by atoms with E-state index in [1.54, 1.807) is 0 Å². The lowest BCUT2D eigenvalue weighted by Crippen LogP contribution is -2.40. The van der Waals surface area contributed by atoms with Crippen LogP contribution in [0.4, 0.5) is 0 Å². The van der Waals surface area contributed by atoms with Crippen LogP contribution in [0.5, 0.6) is 0 Å². The summed E-state index contributed by atoms with van der Waals surface area (Å²) in [5, 5.41) is 2.09. The fourth-order valence-electron chi connectivity index (χ4n) is 2.97. The summed E-state index contributed by atoms with van der Waals surface area (Å²) < 4.78 is 4.74. The highest BCUT2D eigenvalue weighted by molar-refractivity contribution is 7.99. The maximum atomic E-state index is 6.04. The molecule has 0 atom stereocenters. The third-order valence-electron chi connectivity index (χ3n) is 4.19. The Bertz CT molecular complexity index is 765. The Morgan fingerprint density at radius 3 is 2.52 bits per heavy atom. The molecule has 0 radical (unpaired) electrons. The van der Waals surface area contributed by atoms with E-state index in [-0.39, 0.29) is 0 Å². The predicted molar refractivity (Wildman–Crippen MR) is 96.5 cm³/mol. The largest absolute Gasteiger partial charge is 0.323 e. The summed E-state index contributed by atoms with van der Waals surface area (Å²) in [6.07, 6.45) is 3.46. The molecule has 0 fully saturated rings. The topological polar surface area (TPSA) is 8.81 Å². The first-order valence-corrected chi connectivity index (χ1v) is 9.20. The molecule has 2 nitrogen and oxygen atoms in total. The first-order chi connectivity index (χ1) is 11.2. The van der Waals surface area contributed by atoms with Gasteiger partial charge in [0, 0.05) is 16.3 Å². The normalized spacial score (nSPS) is 13.8. The van der Waals surface area contributed by atoms with Crippen LogP contribution >= 0.6 is 23.4 Å². The van der Waals surface area contributed by atoms with Crippen LogP contribution in [0.2, 0.25) is 5.02 Å². The van der Waals surface area contributed by atoms with Crippen molar-refractivity contribution in [2.75, 3.05) is 5.75 Å². The summed E-state index contributed by atoms with van der Waals surface area (Å²) in [6.45, 7) is 3.19. The number of aryl methyl sites for hydroxylation is 1. The van der Waals surface area contributed by atoms with Gasteiger partial charge in [-0.25, -0.2) is 4.57 Å². The molecule has 0 saturated carbocycles. The van der Waals surface area contributed by atoms with Crippen molar-refractivity contribution >= 4 is 23.4 Å². The van der Waals surface area contributed by atoms with Gasteiger partial charge in [-0.2, -0.15) is 4.57 Å². The molecular formula is C19H18ClN2S+. The molecule has 4 rings (SSSR count). The van der Waals surface area contributed by atoms with E-state index in [0.717, 1.165) is 11.6 Å². The Morgan fingerprint density at radius 1 is 1.04 bits per heavy atom. The van der Waals surface area contributed by atoms with Crippen molar-refractivity contribution in [2.24, 2.45) is 0 Å². The fourth-order valence-corrected chi connectivity index (χ4v) is 4.20. The summed E-state index contributed by atoms with van der Waals surface area (Å²) in [5.74, 6) is 1.18.